The number of hydrogen-bond donors (Lipinski definition) is 1. The van der Waals surface area contributed by atoms with Gasteiger partial charge in [0, 0.05) is 17.8 Å². The molecule has 0 saturated heterocycles. The van der Waals surface area contributed by atoms with Crippen molar-refractivity contribution in [2.45, 2.75) is 31.8 Å². The van der Waals surface area contributed by atoms with Crippen LogP contribution in [0.4, 0.5) is 0 Å². The van der Waals surface area contributed by atoms with Crippen LogP contribution in [-0.4, -0.2) is 43.6 Å². The monoisotopic (exact) mass is 280 g/mol. The van der Waals surface area contributed by atoms with Crippen molar-refractivity contribution in [3.05, 3.63) is 35.9 Å². The summed E-state index contributed by atoms with van der Waals surface area (Å²) in [4.78, 5) is 2.50. The van der Waals surface area contributed by atoms with Gasteiger partial charge in [-0.15, -0.1) is 0 Å². The lowest BCUT2D eigenvalue weighted by Crippen LogP contribution is -2.35. The number of hydrogen-bond acceptors (Lipinski definition) is 3. The predicted octanol–water partition coefficient (Wildman–Crippen LogP) is 3.41. The minimum absolute atomic E-state index is 0.454. The molecule has 0 bridgehead atoms. The van der Waals surface area contributed by atoms with Gasteiger partial charge in [0.15, 0.2) is 0 Å². The smallest absolute Gasteiger partial charge is 0.0329 e. The summed E-state index contributed by atoms with van der Waals surface area (Å²) in [7, 11) is 4.30. The fraction of sp³-hybridized carbons (Fsp3) is 0.625. The Morgan fingerprint density at radius 2 is 1.95 bits per heavy atom. The Morgan fingerprint density at radius 3 is 2.47 bits per heavy atom. The lowest BCUT2D eigenvalue weighted by Gasteiger charge is -2.28. The molecule has 19 heavy (non-hydrogen) atoms. The molecule has 1 aromatic carbocycles. The molecular formula is C16H28N2S. The molecule has 1 N–H and O–H groups in total. The van der Waals surface area contributed by atoms with E-state index in [9.17, 15) is 0 Å². The molecule has 2 atom stereocenters. The van der Waals surface area contributed by atoms with Crippen LogP contribution in [0.3, 0.4) is 0 Å². The molecule has 0 radical (unpaired) electrons. The van der Waals surface area contributed by atoms with E-state index in [2.05, 4.69) is 67.8 Å². The summed E-state index contributed by atoms with van der Waals surface area (Å²) < 4.78 is 0. The van der Waals surface area contributed by atoms with E-state index < -0.39 is 0 Å². The van der Waals surface area contributed by atoms with Gasteiger partial charge in [-0.3, -0.25) is 0 Å². The molecule has 0 heterocycles. The topological polar surface area (TPSA) is 15.3 Å². The normalized spacial score (nSPS) is 14.6. The summed E-state index contributed by atoms with van der Waals surface area (Å²) >= 11 is 1.94. The summed E-state index contributed by atoms with van der Waals surface area (Å²) in [5.41, 5.74) is 1.39. The third-order valence-corrected chi connectivity index (χ3v) is 4.49. The second kappa shape index (κ2) is 9.40. The Bertz CT molecular complexity index is 329. The fourth-order valence-corrected chi connectivity index (χ4v) is 3.30. The molecule has 0 amide bonds. The summed E-state index contributed by atoms with van der Waals surface area (Å²) in [5.74, 6) is 1.22. The van der Waals surface area contributed by atoms with Crippen LogP contribution in [0, 0.1) is 0 Å². The highest BCUT2D eigenvalue weighted by Crippen LogP contribution is 2.17. The van der Waals surface area contributed by atoms with E-state index in [0.29, 0.717) is 12.1 Å². The maximum Gasteiger partial charge on any atom is 0.0329 e. The van der Waals surface area contributed by atoms with E-state index in [4.69, 9.17) is 0 Å². The van der Waals surface area contributed by atoms with Gasteiger partial charge in [0.2, 0.25) is 0 Å². The van der Waals surface area contributed by atoms with Gasteiger partial charge in [0.05, 0.1) is 0 Å². The zero-order chi connectivity index (χ0) is 14.1. The van der Waals surface area contributed by atoms with Crippen LogP contribution in [0.25, 0.3) is 0 Å². The van der Waals surface area contributed by atoms with E-state index in [1.165, 1.54) is 17.7 Å². The standard InChI is InChI=1S/C16H28N2S/c1-5-15(13-19-4)18(3)12-11-16(17-2)14-9-7-6-8-10-14/h6-10,15-17H,5,11-13H2,1-4H3. The minimum Gasteiger partial charge on any atom is -0.313 e. The summed E-state index contributed by atoms with van der Waals surface area (Å²) in [5, 5.41) is 3.43. The average molecular weight is 280 g/mol. The molecule has 0 aliphatic carbocycles. The van der Waals surface area contributed by atoms with Crippen molar-refractivity contribution in [1.82, 2.24) is 10.2 Å². The van der Waals surface area contributed by atoms with Gasteiger partial charge in [-0.25, -0.2) is 0 Å². The van der Waals surface area contributed by atoms with Gasteiger partial charge in [-0.1, -0.05) is 37.3 Å². The summed E-state index contributed by atoms with van der Waals surface area (Å²) in [6.07, 6.45) is 4.58. The Morgan fingerprint density at radius 1 is 1.26 bits per heavy atom. The van der Waals surface area contributed by atoms with E-state index in [1.807, 2.05) is 11.8 Å². The van der Waals surface area contributed by atoms with Gasteiger partial charge in [0.1, 0.15) is 0 Å². The summed E-state index contributed by atoms with van der Waals surface area (Å²) in [6, 6.07) is 11.9. The van der Waals surface area contributed by atoms with Crippen LogP contribution in [0.2, 0.25) is 0 Å². The predicted molar refractivity (Wildman–Crippen MR) is 88.0 cm³/mol. The molecule has 1 aromatic rings. The third kappa shape index (κ3) is 5.55. The maximum atomic E-state index is 3.43. The lowest BCUT2D eigenvalue weighted by molar-refractivity contribution is 0.242. The number of rotatable bonds is 9. The molecule has 0 aromatic heterocycles. The van der Waals surface area contributed by atoms with E-state index in [0.717, 1.165) is 13.0 Å². The largest absolute Gasteiger partial charge is 0.313 e. The second-order valence-electron chi connectivity index (χ2n) is 5.04. The van der Waals surface area contributed by atoms with Crippen molar-refractivity contribution in [1.29, 1.82) is 0 Å². The SMILES string of the molecule is CCC(CSC)N(C)CCC(NC)c1ccccc1. The molecule has 108 valence electrons. The van der Waals surface area contributed by atoms with Gasteiger partial charge in [-0.05, 0) is 45.3 Å². The molecule has 0 aliphatic rings. The average Bonchev–Trinajstić information content (AvgIpc) is 2.46. The van der Waals surface area contributed by atoms with Crippen molar-refractivity contribution < 1.29 is 0 Å². The number of nitrogens with one attached hydrogen (secondary N) is 1. The highest BCUT2D eigenvalue weighted by molar-refractivity contribution is 7.98. The van der Waals surface area contributed by atoms with Crippen LogP contribution >= 0.6 is 11.8 Å². The van der Waals surface area contributed by atoms with E-state index >= 15 is 0 Å². The van der Waals surface area contributed by atoms with Crippen LogP contribution in [0.1, 0.15) is 31.4 Å². The Labute approximate surface area is 123 Å². The van der Waals surface area contributed by atoms with Crippen molar-refractivity contribution in [2.24, 2.45) is 0 Å². The number of nitrogens with zero attached hydrogens (tertiary/aromatic N) is 1. The second-order valence-corrected chi connectivity index (χ2v) is 5.95. The fourth-order valence-electron chi connectivity index (χ4n) is 2.43. The number of thioether (sulfide) groups is 1. The van der Waals surface area contributed by atoms with Crippen molar-refractivity contribution in [2.75, 3.05) is 32.6 Å². The maximum absolute atomic E-state index is 3.43. The zero-order valence-corrected chi connectivity index (χ0v) is 13.5. The van der Waals surface area contributed by atoms with Gasteiger partial charge in [0.25, 0.3) is 0 Å². The van der Waals surface area contributed by atoms with Gasteiger partial charge >= 0.3 is 0 Å². The zero-order valence-electron chi connectivity index (χ0n) is 12.7. The van der Waals surface area contributed by atoms with Crippen molar-refractivity contribution >= 4 is 11.8 Å². The van der Waals surface area contributed by atoms with Crippen molar-refractivity contribution in [3.63, 3.8) is 0 Å². The van der Waals surface area contributed by atoms with E-state index in [-0.39, 0.29) is 0 Å². The summed E-state index contributed by atoms with van der Waals surface area (Å²) in [6.45, 7) is 3.42. The number of benzene rings is 1. The molecule has 0 saturated carbocycles. The Hall–Kier alpha value is -0.510. The van der Waals surface area contributed by atoms with Gasteiger partial charge < -0.3 is 10.2 Å². The van der Waals surface area contributed by atoms with Crippen LogP contribution < -0.4 is 5.32 Å². The molecule has 2 unspecified atom stereocenters. The molecule has 0 spiro atoms. The highest BCUT2D eigenvalue weighted by Gasteiger charge is 2.14. The molecule has 2 nitrogen and oxygen atoms in total. The third-order valence-electron chi connectivity index (χ3n) is 3.77. The van der Waals surface area contributed by atoms with E-state index in [1.54, 1.807) is 0 Å². The quantitative estimate of drug-likeness (QED) is 0.746. The van der Waals surface area contributed by atoms with Crippen LogP contribution in [-0.2, 0) is 0 Å². The van der Waals surface area contributed by atoms with Crippen LogP contribution in [0.5, 0.6) is 0 Å². The molecule has 0 fully saturated rings. The Kier molecular flexibility index (Phi) is 8.19. The minimum atomic E-state index is 0.454. The Balaban J connectivity index is 2.49. The highest BCUT2D eigenvalue weighted by atomic mass is 32.2. The molecule has 0 aliphatic heterocycles. The molecule has 1 rings (SSSR count). The molecule has 3 heteroatoms. The molecular weight excluding hydrogens is 252 g/mol. The van der Waals surface area contributed by atoms with Crippen LogP contribution in [0.15, 0.2) is 30.3 Å². The first-order chi connectivity index (χ1) is 9.22. The van der Waals surface area contributed by atoms with Gasteiger partial charge in [-0.2, -0.15) is 11.8 Å². The first-order valence-electron chi connectivity index (χ1n) is 7.14. The first-order valence-corrected chi connectivity index (χ1v) is 8.53. The first kappa shape index (κ1) is 16.5. The van der Waals surface area contributed by atoms with Crippen molar-refractivity contribution in [3.8, 4) is 0 Å². The lowest BCUT2D eigenvalue weighted by atomic mass is 10.0.